The van der Waals surface area contributed by atoms with Crippen molar-refractivity contribution in [3.05, 3.63) is 59.7 Å². The highest BCUT2D eigenvalue weighted by Gasteiger charge is 2.64. The molecule has 2 aromatic rings. The third-order valence-electron chi connectivity index (χ3n) is 7.70. The molecule has 37 heavy (non-hydrogen) atoms. The molecule has 0 unspecified atom stereocenters. The highest BCUT2D eigenvalue weighted by Crippen LogP contribution is 2.47. The van der Waals surface area contributed by atoms with Crippen LogP contribution in [0.1, 0.15) is 29.3 Å². The van der Waals surface area contributed by atoms with E-state index in [-0.39, 0.29) is 24.8 Å². The van der Waals surface area contributed by atoms with E-state index < -0.39 is 29.3 Å². The molecule has 1 spiro atoms. The average molecular weight is 504 g/mol. The maximum absolute atomic E-state index is 13.8. The van der Waals surface area contributed by atoms with Gasteiger partial charge in [0.25, 0.3) is 5.91 Å². The maximum Gasteiger partial charge on any atom is 0.332 e. The molecule has 3 heterocycles. The average Bonchev–Trinajstić information content (AvgIpc) is 2.93. The van der Waals surface area contributed by atoms with Gasteiger partial charge in [0.2, 0.25) is 17.7 Å². The van der Waals surface area contributed by atoms with Crippen LogP contribution in [0.4, 0.5) is 16.2 Å². The number of carbonyl (C=O) groups is 5. The smallest absolute Gasteiger partial charge is 0.332 e. The van der Waals surface area contributed by atoms with Crippen LogP contribution in [0, 0.1) is 5.41 Å². The van der Waals surface area contributed by atoms with Gasteiger partial charge in [-0.15, -0.1) is 0 Å². The predicted octanol–water partition coefficient (Wildman–Crippen LogP) is 1.96. The van der Waals surface area contributed by atoms with Crippen molar-refractivity contribution in [2.75, 3.05) is 43.9 Å². The zero-order valence-corrected chi connectivity index (χ0v) is 21.1. The summed E-state index contributed by atoms with van der Waals surface area (Å²) in [5.41, 5.74) is 1.02. The van der Waals surface area contributed by atoms with E-state index in [0.29, 0.717) is 30.8 Å². The van der Waals surface area contributed by atoms with Crippen LogP contribution in [-0.2, 0) is 20.8 Å². The van der Waals surface area contributed by atoms with Crippen molar-refractivity contribution < 1.29 is 24.0 Å². The number of nitrogens with zero attached hydrogens (tertiary/aromatic N) is 4. The molecule has 0 saturated carbocycles. The fraction of sp³-hybridized carbons (Fsp3) is 0.370. The van der Waals surface area contributed by atoms with Crippen molar-refractivity contribution in [2.45, 2.75) is 25.8 Å². The molecule has 1 atom stereocenters. The van der Waals surface area contributed by atoms with Gasteiger partial charge < -0.3 is 15.1 Å². The summed E-state index contributed by atoms with van der Waals surface area (Å²) >= 11 is 0. The molecule has 0 aromatic heterocycles. The largest absolute Gasteiger partial charge is 0.363 e. The minimum absolute atomic E-state index is 0.0479. The molecule has 5 rings (SSSR count). The summed E-state index contributed by atoms with van der Waals surface area (Å²) in [5.74, 6) is -1.48. The predicted molar refractivity (Wildman–Crippen MR) is 136 cm³/mol. The number of benzene rings is 2. The number of anilines is 2. The number of hydrogen-bond acceptors (Lipinski definition) is 6. The van der Waals surface area contributed by atoms with Crippen molar-refractivity contribution in [1.82, 2.24) is 14.7 Å². The highest BCUT2D eigenvalue weighted by atomic mass is 16.2. The number of fused-ring (bicyclic) bond motifs is 4. The Balaban J connectivity index is 1.57. The fourth-order valence-electron chi connectivity index (χ4n) is 5.76. The molecule has 2 aromatic carbocycles. The summed E-state index contributed by atoms with van der Waals surface area (Å²) in [6, 6.07) is 13.0. The second kappa shape index (κ2) is 9.02. The monoisotopic (exact) mass is 503 g/mol. The van der Waals surface area contributed by atoms with Crippen molar-refractivity contribution in [3.8, 4) is 0 Å². The number of nitrogens with one attached hydrogen (secondary N) is 1. The number of amides is 6. The van der Waals surface area contributed by atoms with E-state index in [9.17, 15) is 24.0 Å². The summed E-state index contributed by atoms with van der Waals surface area (Å²) in [7, 11) is 2.76. The van der Waals surface area contributed by atoms with Crippen LogP contribution in [0.25, 0.3) is 0 Å². The molecule has 3 aliphatic rings. The fourth-order valence-corrected chi connectivity index (χ4v) is 5.76. The van der Waals surface area contributed by atoms with Crippen LogP contribution in [0.15, 0.2) is 48.5 Å². The van der Waals surface area contributed by atoms with Gasteiger partial charge in [-0.2, -0.15) is 0 Å². The van der Waals surface area contributed by atoms with Gasteiger partial charge in [0.15, 0.2) is 5.41 Å². The lowest BCUT2D eigenvalue weighted by Crippen LogP contribution is -2.75. The number of carbonyl (C=O) groups excluding carboxylic acids is 5. The van der Waals surface area contributed by atoms with Gasteiger partial charge >= 0.3 is 6.03 Å². The Labute approximate surface area is 214 Å². The molecular weight excluding hydrogens is 474 g/mol. The van der Waals surface area contributed by atoms with Gasteiger partial charge in [-0.05, 0) is 42.3 Å². The van der Waals surface area contributed by atoms with E-state index in [2.05, 4.69) is 5.32 Å². The first kappa shape index (κ1) is 24.5. The van der Waals surface area contributed by atoms with Crippen molar-refractivity contribution in [2.24, 2.45) is 5.41 Å². The third-order valence-corrected chi connectivity index (χ3v) is 7.70. The molecular formula is C27H29N5O5. The van der Waals surface area contributed by atoms with E-state index in [1.165, 1.54) is 14.1 Å². The molecule has 10 heteroatoms. The zero-order chi connectivity index (χ0) is 26.5. The topological polar surface area (TPSA) is 110 Å². The summed E-state index contributed by atoms with van der Waals surface area (Å²) in [4.78, 5) is 71.2. The Kier molecular flexibility index (Phi) is 5.97. The molecule has 2 saturated heterocycles. The van der Waals surface area contributed by atoms with Gasteiger partial charge in [0.05, 0.1) is 6.04 Å². The second-order valence-corrected chi connectivity index (χ2v) is 9.73. The standard InChI is InChI=1S/C27H29N5O5/c1-4-22(33)31-12-13-32-20-11-10-19(28-23(34)17-8-6-5-7-9-17)14-18(20)15-27(21(32)16-31)24(35)29(2)26(37)30(3)25(27)36/h5-11,14,21H,4,12-13,15-16H2,1-3H3,(H,28,34)/t21-/m0/s1. The van der Waals surface area contributed by atoms with Gasteiger partial charge in [0, 0.05) is 57.1 Å². The minimum atomic E-state index is -1.58. The first-order valence-corrected chi connectivity index (χ1v) is 12.3. The first-order valence-electron chi connectivity index (χ1n) is 12.3. The van der Waals surface area contributed by atoms with E-state index >= 15 is 0 Å². The Morgan fingerprint density at radius 1 is 0.973 bits per heavy atom. The normalized spacial score (nSPS) is 20.6. The van der Waals surface area contributed by atoms with Crippen LogP contribution >= 0.6 is 0 Å². The molecule has 0 aliphatic carbocycles. The van der Waals surface area contributed by atoms with Crippen molar-refractivity contribution in [3.63, 3.8) is 0 Å². The molecule has 2 fully saturated rings. The third kappa shape index (κ3) is 3.75. The van der Waals surface area contributed by atoms with E-state index in [4.69, 9.17) is 0 Å². The lowest BCUT2D eigenvalue weighted by molar-refractivity contribution is -0.161. The van der Waals surface area contributed by atoms with E-state index in [1.54, 1.807) is 48.2 Å². The SMILES string of the molecule is CCC(=O)N1CCN2c3ccc(NC(=O)c4ccccc4)cc3CC3(C(=O)N(C)C(=O)N(C)C3=O)[C@@H]2C1. The Hall–Kier alpha value is -4.21. The summed E-state index contributed by atoms with van der Waals surface area (Å²) < 4.78 is 0. The van der Waals surface area contributed by atoms with E-state index in [1.807, 2.05) is 17.0 Å². The lowest BCUT2D eigenvalue weighted by Gasteiger charge is -2.56. The Bertz CT molecular complexity index is 1290. The van der Waals surface area contributed by atoms with Gasteiger partial charge in [-0.1, -0.05) is 25.1 Å². The maximum atomic E-state index is 13.8. The lowest BCUT2D eigenvalue weighted by atomic mass is 9.67. The number of piperazine rings is 1. The van der Waals surface area contributed by atoms with Gasteiger partial charge in [0.1, 0.15) is 0 Å². The number of rotatable bonds is 3. The molecule has 6 amide bonds. The number of hydrogen-bond donors (Lipinski definition) is 1. The summed E-state index contributed by atoms with van der Waals surface area (Å²) in [6.45, 7) is 2.87. The van der Waals surface area contributed by atoms with Crippen LogP contribution in [0.3, 0.4) is 0 Å². The number of barbiturate groups is 1. The second-order valence-electron chi connectivity index (χ2n) is 9.73. The zero-order valence-electron chi connectivity index (χ0n) is 21.1. The van der Waals surface area contributed by atoms with Crippen molar-refractivity contribution in [1.29, 1.82) is 0 Å². The van der Waals surface area contributed by atoms with Crippen LogP contribution in [0.5, 0.6) is 0 Å². The van der Waals surface area contributed by atoms with Crippen molar-refractivity contribution >= 4 is 41.0 Å². The van der Waals surface area contributed by atoms with E-state index in [0.717, 1.165) is 21.1 Å². The first-order chi connectivity index (χ1) is 17.7. The van der Waals surface area contributed by atoms with Gasteiger partial charge in [-0.3, -0.25) is 29.0 Å². The summed E-state index contributed by atoms with van der Waals surface area (Å²) in [5, 5.41) is 2.89. The molecule has 10 nitrogen and oxygen atoms in total. The van der Waals surface area contributed by atoms with Crippen LogP contribution < -0.4 is 10.2 Å². The highest BCUT2D eigenvalue weighted by molar-refractivity contribution is 6.20. The molecule has 1 N–H and O–H groups in total. The van der Waals surface area contributed by atoms with Gasteiger partial charge in [-0.25, -0.2) is 4.79 Å². The molecule has 0 radical (unpaired) electrons. The minimum Gasteiger partial charge on any atom is -0.363 e. The quantitative estimate of drug-likeness (QED) is 0.642. The number of imide groups is 2. The summed E-state index contributed by atoms with van der Waals surface area (Å²) in [6.07, 6.45) is 0.368. The molecule has 3 aliphatic heterocycles. The molecule has 192 valence electrons. The van der Waals surface area contributed by atoms with Crippen LogP contribution in [-0.4, -0.2) is 84.1 Å². The Morgan fingerprint density at radius 2 is 1.65 bits per heavy atom. The number of urea groups is 1. The molecule has 0 bridgehead atoms. The Morgan fingerprint density at radius 3 is 2.30 bits per heavy atom. The van der Waals surface area contributed by atoms with Crippen LogP contribution in [0.2, 0.25) is 0 Å².